The van der Waals surface area contributed by atoms with Crippen LogP contribution in [0.2, 0.25) is 0 Å². The molecule has 0 aromatic rings. The molecule has 2 saturated heterocycles. The van der Waals surface area contributed by atoms with Crippen LogP contribution in [0.3, 0.4) is 0 Å². The minimum atomic E-state index is -0.789. The van der Waals surface area contributed by atoms with Crippen LogP contribution in [0.5, 0.6) is 0 Å². The average molecular weight is 298 g/mol. The first-order chi connectivity index (χ1) is 10.00. The second kappa shape index (κ2) is 5.86. The summed E-state index contributed by atoms with van der Waals surface area (Å²) in [5.74, 6) is 0.319. The normalized spacial score (nSPS) is 41.7. The molecule has 4 atom stereocenters. The van der Waals surface area contributed by atoms with Crippen LogP contribution in [0, 0.1) is 17.8 Å². The number of hydrogen-bond donors (Lipinski definition) is 0. The van der Waals surface area contributed by atoms with Crippen molar-refractivity contribution in [2.24, 2.45) is 17.8 Å². The van der Waals surface area contributed by atoms with E-state index in [-0.39, 0.29) is 24.4 Å². The Labute approximate surface area is 126 Å². The van der Waals surface area contributed by atoms with Crippen LogP contribution >= 0.6 is 0 Å². The number of hydrogen-bond acceptors (Lipinski definition) is 5. The molecular weight excluding hydrogens is 272 g/mol. The highest BCUT2D eigenvalue weighted by atomic mass is 16.8. The summed E-state index contributed by atoms with van der Waals surface area (Å²) in [7, 11) is 0. The Morgan fingerprint density at radius 1 is 1.19 bits per heavy atom. The highest BCUT2D eigenvalue weighted by Gasteiger charge is 2.53. The summed E-state index contributed by atoms with van der Waals surface area (Å²) in [5.41, 5.74) is 0. The van der Waals surface area contributed by atoms with E-state index < -0.39 is 12.1 Å². The molecule has 0 amide bonds. The van der Waals surface area contributed by atoms with Crippen LogP contribution in [0.1, 0.15) is 46.5 Å². The Kier molecular flexibility index (Phi) is 4.26. The minimum Gasteiger partial charge on any atom is -0.433 e. The van der Waals surface area contributed by atoms with Crippen LogP contribution in [0.4, 0.5) is 0 Å². The minimum absolute atomic E-state index is 0.193. The van der Waals surface area contributed by atoms with E-state index in [2.05, 4.69) is 20.8 Å². The van der Waals surface area contributed by atoms with Gasteiger partial charge in [-0.3, -0.25) is 4.79 Å². The molecule has 1 aliphatic carbocycles. The Balaban J connectivity index is 1.78. The van der Waals surface area contributed by atoms with Gasteiger partial charge in [-0.05, 0) is 24.7 Å². The molecular formula is C16H26O5. The van der Waals surface area contributed by atoms with Crippen molar-refractivity contribution < 1.29 is 23.7 Å². The van der Waals surface area contributed by atoms with E-state index in [4.69, 9.17) is 18.9 Å². The molecule has 1 saturated carbocycles. The van der Waals surface area contributed by atoms with Crippen molar-refractivity contribution >= 4 is 5.97 Å². The SMILES string of the molecule is CC(C)[C@@H]1CC[C@@H](C)[C@]2(C1)OC(=O)C[C@@H](C1OCCO1)O2. The van der Waals surface area contributed by atoms with Crippen LogP contribution < -0.4 is 0 Å². The molecule has 0 aromatic heterocycles. The summed E-state index contributed by atoms with van der Waals surface area (Å²) in [6, 6.07) is 0. The van der Waals surface area contributed by atoms with Crippen LogP contribution in [-0.2, 0) is 23.7 Å². The van der Waals surface area contributed by atoms with Gasteiger partial charge in [-0.2, -0.15) is 0 Å². The fraction of sp³-hybridized carbons (Fsp3) is 0.938. The zero-order valence-electron chi connectivity index (χ0n) is 13.2. The van der Waals surface area contributed by atoms with E-state index in [0.29, 0.717) is 25.0 Å². The van der Waals surface area contributed by atoms with Gasteiger partial charge in [-0.25, -0.2) is 0 Å². The first kappa shape index (κ1) is 15.3. The molecule has 5 heteroatoms. The van der Waals surface area contributed by atoms with Gasteiger partial charge < -0.3 is 18.9 Å². The van der Waals surface area contributed by atoms with Gasteiger partial charge in [0, 0.05) is 12.3 Å². The number of esters is 1. The fourth-order valence-corrected chi connectivity index (χ4v) is 3.69. The van der Waals surface area contributed by atoms with Gasteiger partial charge in [0.15, 0.2) is 6.29 Å². The van der Waals surface area contributed by atoms with Gasteiger partial charge in [0.1, 0.15) is 6.10 Å². The van der Waals surface area contributed by atoms with E-state index in [1.807, 2.05) is 0 Å². The highest BCUT2D eigenvalue weighted by molar-refractivity contribution is 5.71. The van der Waals surface area contributed by atoms with Crippen molar-refractivity contribution in [3.8, 4) is 0 Å². The smallest absolute Gasteiger partial charge is 0.311 e. The van der Waals surface area contributed by atoms with E-state index in [9.17, 15) is 4.79 Å². The molecule has 0 aromatic carbocycles. The summed E-state index contributed by atoms with van der Waals surface area (Å²) < 4.78 is 23.1. The molecule has 2 aliphatic heterocycles. The Morgan fingerprint density at radius 2 is 1.90 bits per heavy atom. The van der Waals surface area contributed by atoms with E-state index in [1.54, 1.807) is 0 Å². The van der Waals surface area contributed by atoms with Gasteiger partial charge in [0.25, 0.3) is 0 Å². The zero-order chi connectivity index (χ0) is 15.0. The maximum atomic E-state index is 12.1. The van der Waals surface area contributed by atoms with Crippen LogP contribution in [0.25, 0.3) is 0 Å². The molecule has 120 valence electrons. The average Bonchev–Trinajstić information content (AvgIpc) is 2.95. The maximum absolute atomic E-state index is 12.1. The molecule has 0 unspecified atom stereocenters. The lowest BCUT2D eigenvalue weighted by molar-refractivity contribution is -0.333. The summed E-state index contributed by atoms with van der Waals surface area (Å²) >= 11 is 0. The third kappa shape index (κ3) is 2.96. The first-order valence-electron chi connectivity index (χ1n) is 8.13. The first-order valence-corrected chi connectivity index (χ1v) is 8.13. The molecule has 3 fully saturated rings. The van der Waals surface area contributed by atoms with Crippen LogP contribution in [-0.4, -0.2) is 37.4 Å². The van der Waals surface area contributed by atoms with Crippen molar-refractivity contribution in [1.29, 1.82) is 0 Å². The number of ether oxygens (including phenoxy) is 4. The van der Waals surface area contributed by atoms with Crippen LogP contribution in [0.15, 0.2) is 0 Å². The zero-order valence-corrected chi connectivity index (χ0v) is 13.2. The van der Waals surface area contributed by atoms with E-state index >= 15 is 0 Å². The lowest BCUT2D eigenvalue weighted by atomic mass is 9.73. The predicted octanol–water partition coefficient (Wildman–Crippen LogP) is 2.48. The van der Waals surface area contributed by atoms with Crippen molar-refractivity contribution in [3.05, 3.63) is 0 Å². The molecule has 0 bridgehead atoms. The third-order valence-corrected chi connectivity index (χ3v) is 5.17. The molecule has 5 nitrogen and oxygen atoms in total. The number of rotatable bonds is 2. The maximum Gasteiger partial charge on any atom is 0.311 e. The molecule has 21 heavy (non-hydrogen) atoms. The highest BCUT2D eigenvalue weighted by Crippen LogP contribution is 2.46. The summed E-state index contributed by atoms with van der Waals surface area (Å²) in [6.07, 6.45) is 2.41. The largest absolute Gasteiger partial charge is 0.433 e. The van der Waals surface area contributed by atoms with Gasteiger partial charge in [-0.15, -0.1) is 0 Å². The molecule has 2 heterocycles. The number of carbonyl (C=O) groups excluding carboxylic acids is 1. The van der Waals surface area contributed by atoms with Gasteiger partial charge in [0.2, 0.25) is 5.79 Å². The molecule has 3 rings (SSSR count). The van der Waals surface area contributed by atoms with Crippen molar-refractivity contribution in [2.75, 3.05) is 13.2 Å². The molecule has 0 N–H and O–H groups in total. The second-order valence-electron chi connectivity index (χ2n) is 6.94. The Hall–Kier alpha value is -0.650. The van der Waals surface area contributed by atoms with E-state index in [1.165, 1.54) is 6.42 Å². The Bertz CT molecular complexity index is 390. The quantitative estimate of drug-likeness (QED) is 0.733. The van der Waals surface area contributed by atoms with Gasteiger partial charge in [0.05, 0.1) is 19.6 Å². The predicted molar refractivity (Wildman–Crippen MR) is 75.3 cm³/mol. The molecule has 0 radical (unpaired) electrons. The Morgan fingerprint density at radius 3 is 2.57 bits per heavy atom. The van der Waals surface area contributed by atoms with Gasteiger partial charge >= 0.3 is 5.97 Å². The molecule has 3 aliphatic rings. The monoisotopic (exact) mass is 298 g/mol. The van der Waals surface area contributed by atoms with E-state index in [0.717, 1.165) is 12.8 Å². The molecule has 1 spiro atoms. The van der Waals surface area contributed by atoms with Crippen molar-refractivity contribution in [2.45, 2.75) is 64.6 Å². The van der Waals surface area contributed by atoms with Crippen molar-refractivity contribution in [1.82, 2.24) is 0 Å². The summed E-state index contributed by atoms with van der Waals surface area (Å²) in [6.45, 7) is 7.69. The standard InChI is InChI=1S/C16H26O5/c1-10(2)12-5-4-11(3)16(9-12)20-13(8-14(17)21-16)15-18-6-7-19-15/h10-13,15H,4-9H2,1-3H3/t11-,12-,13+,16+/m1/s1. The van der Waals surface area contributed by atoms with Crippen molar-refractivity contribution in [3.63, 3.8) is 0 Å². The third-order valence-electron chi connectivity index (χ3n) is 5.17. The summed E-state index contributed by atoms with van der Waals surface area (Å²) in [4.78, 5) is 12.1. The lowest BCUT2D eigenvalue weighted by Crippen LogP contribution is -2.56. The topological polar surface area (TPSA) is 54.0 Å². The lowest BCUT2D eigenvalue weighted by Gasteiger charge is -2.49. The number of carbonyl (C=O) groups is 1. The second-order valence-corrected chi connectivity index (χ2v) is 6.94. The summed E-state index contributed by atoms with van der Waals surface area (Å²) in [5, 5.41) is 0. The fourth-order valence-electron chi connectivity index (χ4n) is 3.69. The van der Waals surface area contributed by atoms with Gasteiger partial charge in [-0.1, -0.05) is 20.8 Å².